The lowest BCUT2D eigenvalue weighted by Gasteiger charge is -2.05. The van der Waals surface area contributed by atoms with E-state index in [1.54, 1.807) is 14.2 Å². The van der Waals surface area contributed by atoms with Gasteiger partial charge in [-0.3, -0.25) is 4.79 Å². The molecule has 0 spiro atoms. The predicted octanol–water partition coefficient (Wildman–Crippen LogP) is 2.02. The lowest BCUT2D eigenvalue weighted by atomic mass is 10.2. The third-order valence-electron chi connectivity index (χ3n) is 3.15. The van der Waals surface area contributed by atoms with Crippen molar-refractivity contribution in [1.29, 1.82) is 0 Å². The Balaban J connectivity index is 1.76. The fourth-order valence-electron chi connectivity index (χ4n) is 1.92. The van der Waals surface area contributed by atoms with E-state index in [-0.39, 0.29) is 11.9 Å². The van der Waals surface area contributed by atoms with Gasteiger partial charge in [-0.1, -0.05) is 12.1 Å². The van der Waals surface area contributed by atoms with Crippen LogP contribution in [-0.4, -0.2) is 26.8 Å². The SMILES string of the molecule is COCC1CC1C(=O)OCc1ccc(OC)cc1. The topological polar surface area (TPSA) is 44.8 Å². The third-order valence-corrected chi connectivity index (χ3v) is 3.15. The summed E-state index contributed by atoms with van der Waals surface area (Å²) in [4.78, 5) is 11.7. The lowest BCUT2D eigenvalue weighted by Crippen LogP contribution is -2.09. The van der Waals surface area contributed by atoms with Crippen molar-refractivity contribution in [3.8, 4) is 5.75 Å². The molecule has 0 radical (unpaired) electrons. The van der Waals surface area contributed by atoms with Crippen LogP contribution in [0.4, 0.5) is 0 Å². The number of carbonyl (C=O) groups excluding carboxylic acids is 1. The summed E-state index contributed by atoms with van der Waals surface area (Å²) in [5.74, 6) is 1.06. The van der Waals surface area contributed by atoms with Gasteiger partial charge in [0.1, 0.15) is 12.4 Å². The number of esters is 1. The van der Waals surface area contributed by atoms with Gasteiger partial charge in [-0.05, 0) is 30.0 Å². The lowest BCUT2D eigenvalue weighted by molar-refractivity contribution is -0.147. The van der Waals surface area contributed by atoms with Crippen molar-refractivity contribution < 1.29 is 19.0 Å². The number of carbonyl (C=O) groups is 1. The molecule has 1 aromatic rings. The fourth-order valence-corrected chi connectivity index (χ4v) is 1.92. The van der Waals surface area contributed by atoms with Gasteiger partial charge in [0.25, 0.3) is 0 Å². The maximum atomic E-state index is 11.7. The van der Waals surface area contributed by atoms with Crippen LogP contribution in [0.3, 0.4) is 0 Å². The Morgan fingerprint density at radius 1 is 1.28 bits per heavy atom. The molecule has 2 rings (SSSR count). The van der Waals surface area contributed by atoms with Gasteiger partial charge in [0.15, 0.2) is 0 Å². The van der Waals surface area contributed by atoms with Crippen molar-refractivity contribution in [3.63, 3.8) is 0 Å². The van der Waals surface area contributed by atoms with Crippen molar-refractivity contribution in [2.75, 3.05) is 20.8 Å². The van der Waals surface area contributed by atoms with Crippen LogP contribution in [0.2, 0.25) is 0 Å². The number of methoxy groups -OCH3 is 2. The van der Waals surface area contributed by atoms with E-state index in [4.69, 9.17) is 14.2 Å². The van der Waals surface area contributed by atoms with Crippen LogP contribution in [0.25, 0.3) is 0 Å². The van der Waals surface area contributed by atoms with E-state index in [0.717, 1.165) is 17.7 Å². The van der Waals surface area contributed by atoms with Gasteiger partial charge in [0.2, 0.25) is 0 Å². The van der Waals surface area contributed by atoms with E-state index in [1.807, 2.05) is 24.3 Å². The minimum absolute atomic E-state index is 0.0307. The molecule has 98 valence electrons. The molecule has 4 nitrogen and oxygen atoms in total. The maximum absolute atomic E-state index is 11.7. The molecule has 0 heterocycles. The predicted molar refractivity (Wildman–Crippen MR) is 66.3 cm³/mol. The molecule has 4 heteroatoms. The summed E-state index contributed by atoms with van der Waals surface area (Å²) in [6.07, 6.45) is 0.884. The van der Waals surface area contributed by atoms with Crippen molar-refractivity contribution >= 4 is 5.97 Å². The number of rotatable bonds is 6. The molecule has 0 amide bonds. The molecule has 2 unspecified atom stereocenters. The molecule has 1 aliphatic rings. The summed E-state index contributed by atoms with van der Waals surface area (Å²) in [5, 5.41) is 0. The zero-order chi connectivity index (χ0) is 13.0. The zero-order valence-corrected chi connectivity index (χ0v) is 10.7. The Morgan fingerprint density at radius 2 is 2.00 bits per heavy atom. The minimum atomic E-state index is -0.118. The Labute approximate surface area is 107 Å². The summed E-state index contributed by atoms with van der Waals surface area (Å²) in [5.41, 5.74) is 0.966. The molecule has 0 N–H and O–H groups in total. The molecule has 2 atom stereocenters. The molecule has 0 saturated heterocycles. The smallest absolute Gasteiger partial charge is 0.309 e. The quantitative estimate of drug-likeness (QED) is 0.725. The van der Waals surface area contributed by atoms with E-state index >= 15 is 0 Å². The highest BCUT2D eigenvalue weighted by Gasteiger charge is 2.44. The van der Waals surface area contributed by atoms with Gasteiger partial charge in [-0.25, -0.2) is 0 Å². The Bertz CT molecular complexity index is 399. The van der Waals surface area contributed by atoms with Crippen LogP contribution in [0, 0.1) is 11.8 Å². The highest BCUT2D eigenvalue weighted by atomic mass is 16.5. The molecule has 0 aliphatic heterocycles. The standard InChI is InChI=1S/C14H18O4/c1-16-9-11-7-13(11)14(15)18-8-10-3-5-12(17-2)6-4-10/h3-6,11,13H,7-9H2,1-2H3. The fraction of sp³-hybridized carbons (Fsp3) is 0.500. The molecule has 18 heavy (non-hydrogen) atoms. The van der Waals surface area contributed by atoms with Crippen LogP contribution in [0.1, 0.15) is 12.0 Å². The van der Waals surface area contributed by atoms with Crippen LogP contribution in [0.5, 0.6) is 5.75 Å². The molecule has 1 aliphatic carbocycles. The van der Waals surface area contributed by atoms with E-state index in [0.29, 0.717) is 19.1 Å². The Hall–Kier alpha value is -1.55. The first kappa shape index (κ1) is 12.9. The summed E-state index contributed by atoms with van der Waals surface area (Å²) in [7, 11) is 3.27. The minimum Gasteiger partial charge on any atom is -0.497 e. The van der Waals surface area contributed by atoms with E-state index in [2.05, 4.69) is 0 Å². The second-order valence-electron chi connectivity index (χ2n) is 4.51. The molecular weight excluding hydrogens is 232 g/mol. The van der Waals surface area contributed by atoms with E-state index < -0.39 is 0 Å². The summed E-state index contributed by atoms with van der Waals surface area (Å²) in [6.45, 7) is 0.960. The van der Waals surface area contributed by atoms with Crippen molar-refractivity contribution in [3.05, 3.63) is 29.8 Å². The first-order valence-corrected chi connectivity index (χ1v) is 6.03. The van der Waals surface area contributed by atoms with Gasteiger partial charge in [-0.2, -0.15) is 0 Å². The normalized spacial score (nSPS) is 21.4. The molecular formula is C14H18O4. The Kier molecular flexibility index (Phi) is 4.20. The molecule has 1 aromatic carbocycles. The van der Waals surface area contributed by atoms with Gasteiger partial charge in [0, 0.05) is 13.7 Å². The Morgan fingerprint density at radius 3 is 2.61 bits per heavy atom. The van der Waals surface area contributed by atoms with E-state index in [9.17, 15) is 4.79 Å². The van der Waals surface area contributed by atoms with Crippen molar-refractivity contribution in [2.24, 2.45) is 11.8 Å². The van der Waals surface area contributed by atoms with Crippen LogP contribution in [-0.2, 0) is 20.9 Å². The number of benzene rings is 1. The van der Waals surface area contributed by atoms with Gasteiger partial charge >= 0.3 is 5.97 Å². The maximum Gasteiger partial charge on any atom is 0.309 e. The summed E-state index contributed by atoms with van der Waals surface area (Å²) < 4.78 is 15.3. The second kappa shape index (κ2) is 5.87. The molecule has 0 bridgehead atoms. The van der Waals surface area contributed by atoms with Crippen molar-refractivity contribution in [1.82, 2.24) is 0 Å². The zero-order valence-electron chi connectivity index (χ0n) is 10.7. The van der Waals surface area contributed by atoms with E-state index in [1.165, 1.54) is 0 Å². The van der Waals surface area contributed by atoms with Gasteiger partial charge in [-0.15, -0.1) is 0 Å². The number of hydrogen-bond donors (Lipinski definition) is 0. The van der Waals surface area contributed by atoms with Crippen LogP contribution >= 0.6 is 0 Å². The second-order valence-corrected chi connectivity index (χ2v) is 4.51. The first-order valence-electron chi connectivity index (χ1n) is 6.03. The van der Waals surface area contributed by atoms with Crippen molar-refractivity contribution in [2.45, 2.75) is 13.0 Å². The highest BCUT2D eigenvalue weighted by molar-refractivity contribution is 5.75. The molecule has 1 fully saturated rings. The molecule has 0 aromatic heterocycles. The first-order chi connectivity index (χ1) is 8.74. The summed E-state index contributed by atoms with van der Waals surface area (Å²) >= 11 is 0. The monoisotopic (exact) mass is 250 g/mol. The third kappa shape index (κ3) is 3.23. The van der Waals surface area contributed by atoms with Gasteiger partial charge < -0.3 is 14.2 Å². The summed E-state index contributed by atoms with van der Waals surface area (Å²) in [6, 6.07) is 7.50. The average Bonchev–Trinajstić information content (AvgIpc) is 3.16. The largest absolute Gasteiger partial charge is 0.497 e. The average molecular weight is 250 g/mol. The number of ether oxygens (including phenoxy) is 3. The molecule has 1 saturated carbocycles. The number of hydrogen-bond acceptors (Lipinski definition) is 4. The highest BCUT2D eigenvalue weighted by Crippen LogP contribution is 2.39. The van der Waals surface area contributed by atoms with Crippen LogP contribution < -0.4 is 4.74 Å². The van der Waals surface area contributed by atoms with Crippen LogP contribution in [0.15, 0.2) is 24.3 Å². The van der Waals surface area contributed by atoms with Gasteiger partial charge in [0.05, 0.1) is 13.0 Å².